The van der Waals surface area contributed by atoms with Crippen LogP contribution in [0.25, 0.3) is 0 Å². The fourth-order valence-electron chi connectivity index (χ4n) is 1.56. The van der Waals surface area contributed by atoms with Gasteiger partial charge in [0.1, 0.15) is 11.4 Å². The van der Waals surface area contributed by atoms with Crippen molar-refractivity contribution in [2.24, 2.45) is 0 Å². The van der Waals surface area contributed by atoms with Gasteiger partial charge in [-0.25, -0.2) is 0 Å². The van der Waals surface area contributed by atoms with Crippen molar-refractivity contribution in [2.45, 2.75) is 6.92 Å². The zero-order valence-corrected chi connectivity index (χ0v) is 10.1. The maximum atomic E-state index is 12.1. The number of carbonyl (C=O) groups is 1. The van der Waals surface area contributed by atoms with E-state index in [0.29, 0.717) is 23.6 Å². The van der Waals surface area contributed by atoms with Crippen LogP contribution in [0, 0.1) is 0 Å². The molecule has 4 nitrogen and oxygen atoms in total. The number of rotatable bonds is 4. The van der Waals surface area contributed by atoms with Gasteiger partial charge in [-0.15, -0.1) is 0 Å². The molecule has 1 aromatic carbocycles. The van der Waals surface area contributed by atoms with Gasteiger partial charge in [0.05, 0.1) is 18.5 Å². The second kappa shape index (κ2) is 5.31. The summed E-state index contributed by atoms with van der Waals surface area (Å²) >= 11 is 0. The van der Waals surface area contributed by atoms with Gasteiger partial charge < -0.3 is 10.5 Å². The Balaban J connectivity index is 2.20. The average Bonchev–Trinajstić information content (AvgIpc) is 2.40. The Kier molecular flexibility index (Phi) is 3.57. The molecule has 92 valence electrons. The first-order valence-corrected chi connectivity index (χ1v) is 5.70. The van der Waals surface area contributed by atoms with Crippen molar-refractivity contribution >= 4 is 11.5 Å². The fourth-order valence-corrected chi connectivity index (χ4v) is 1.56. The van der Waals surface area contributed by atoms with Crippen LogP contribution in [0.4, 0.5) is 5.69 Å². The van der Waals surface area contributed by atoms with E-state index in [0.717, 1.165) is 5.75 Å². The monoisotopic (exact) mass is 242 g/mol. The van der Waals surface area contributed by atoms with Gasteiger partial charge in [-0.05, 0) is 43.3 Å². The van der Waals surface area contributed by atoms with Crippen LogP contribution >= 0.6 is 0 Å². The van der Waals surface area contributed by atoms with Crippen LogP contribution < -0.4 is 10.5 Å². The lowest BCUT2D eigenvalue weighted by molar-refractivity contribution is 0.103. The van der Waals surface area contributed by atoms with Crippen LogP contribution in [0.15, 0.2) is 42.6 Å². The number of ether oxygens (including phenoxy) is 1. The van der Waals surface area contributed by atoms with E-state index in [2.05, 4.69) is 4.98 Å². The number of aromatic nitrogens is 1. The highest BCUT2D eigenvalue weighted by atomic mass is 16.5. The molecule has 2 N–H and O–H groups in total. The molecule has 0 amide bonds. The number of hydrogen-bond donors (Lipinski definition) is 1. The molecule has 18 heavy (non-hydrogen) atoms. The van der Waals surface area contributed by atoms with E-state index in [1.807, 2.05) is 6.92 Å². The number of hydrogen-bond acceptors (Lipinski definition) is 4. The molecule has 1 heterocycles. The van der Waals surface area contributed by atoms with Gasteiger partial charge in [-0.3, -0.25) is 9.78 Å². The summed E-state index contributed by atoms with van der Waals surface area (Å²) in [6, 6.07) is 10.3. The Hall–Kier alpha value is -2.36. The van der Waals surface area contributed by atoms with Crippen LogP contribution in [0.1, 0.15) is 23.0 Å². The van der Waals surface area contributed by atoms with Gasteiger partial charge in [-0.2, -0.15) is 0 Å². The third kappa shape index (κ3) is 2.66. The molecular formula is C14H14N2O2. The van der Waals surface area contributed by atoms with E-state index in [4.69, 9.17) is 10.5 Å². The molecular weight excluding hydrogens is 228 g/mol. The molecule has 0 atom stereocenters. The molecule has 0 unspecified atom stereocenters. The fraction of sp³-hybridized carbons (Fsp3) is 0.143. The van der Waals surface area contributed by atoms with Gasteiger partial charge in [0, 0.05) is 5.56 Å². The minimum Gasteiger partial charge on any atom is -0.494 e. The van der Waals surface area contributed by atoms with Crippen molar-refractivity contribution < 1.29 is 9.53 Å². The summed E-state index contributed by atoms with van der Waals surface area (Å²) in [5, 5.41) is 0. The minimum atomic E-state index is -0.127. The van der Waals surface area contributed by atoms with E-state index in [9.17, 15) is 4.79 Å². The van der Waals surface area contributed by atoms with E-state index in [1.165, 1.54) is 6.20 Å². The van der Waals surface area contributed by atoms with Crippen molar-refractivity contribution in [3.63, 3.8) is 0 Å². The van der Waals surface area contributed by atoms with Crippen molar-refractivity contribution in [3.05, 3.63) is 53.9 Å². The highest BCUT2D eigenvalue weighted by Gasteiger charge is 2.10. The molecule has 0 aliphatic heterocycles. The van der Waals surface area contributed by atoms with E-state index in [-0.39, 0.29) is 5.78 Å². The molecule has 0 aliphatic rings. The Bertz CT molecular complexity index is 533. The SMILES string of the molecule is CCOc1ccc(C(=O)c2ccc(N)cn2)cc1. The van der Waals surface area contributed by atoms with Crippen molar-refractivity contribution in [1.29, 1.82) is 0 Å². The number of nitrogens with zero attached hydrogens (tertiary/aromatic N) is 1. The van der Waals surface area contributed by atoms with E-state index in [1.54, 1.807) is 36.4 Å². The topological polar surface area (TPSA) is 65.2 Å². The van der Waals surface area contributed by atoms with Crippen LogP contribution in [-0.2, 0) is 0 Å². The first-order valence-electron chi connectivity index (χ1n) is 5.70. The smallest absolute Gasteiger partial charge is 0.211 e. The summed E-state index contributed by atoms with van der Waals surface area (Å²) < 4.78 is 5.32. The third-order valence-electron chi connectivity index (χ3n) is 2.45. The molecule has 4 heteroatoms. The molecule has 1 aromatic heterocycles. The highest BCUT2D eigenvalue weighted by molar-refractivity contribution is 6.07. The second-order valence-electron chi connectivity index (χ2n) is 3.76. The lowest BCUT2D eigenvalue weighted by Gasteiger charge is -2.04. The molecule has 0 saturated heterocycles. The van der Waals surface area contributed by atoms with Gasteiger partial charge >= 0.3 is 0 Å². The third-order valence-corrected chi connectivity index (χ3v) is 2.45. The minimum absolute atomic E-state index is 0.127. The molecule has 2 rings (SSSR count). The van der Waals surface area contributed by atoms with Gasteiger partial charge in [0.2, 0.25) is 5.78 Å². The quantitative estimate of drug-likeness (QED) is 0.835. The molecule has 0 bridgehead atoms. The molecule has 2 aromatic rings. The predicted octanol–water partition coefficient (Wildman–Crippen LogP) is 2.29. The number of pyridine rings is 1. The summed E-state index contributed by atoms with van der Waals surface area (Å²) in [4.78, 5) is 16.1. The lowest BCUT2D eigenvalue weighted by Crippen LogP contribution is -2.04. The molecule has 0 radical (unpaired) electrons. The Morgan fingerprint density at radius 3 is 2.50 bits per heavy atom. The zero-order chi connectivity index (χ0) is 13.0. The Morgan fingerprint density at radius 2 is 1.94 bits per heavy atom. The van der Waals surface area contributed by atoms with Gasteiger partial charge in [-0.1, -0.05) is 0 Å². The van der Waals surface area contributed by atoms with Crippen LogP contribution in [0.5, 0.6) is 5.75 Å². The van der Waals surface area contributed by atoms with Crippen LogP contribution in [0.3, 0.4) is 0 Å². The van der Waals surface area contributed by atoms with E-state index < -0.39 is 0 Å². The van der Waals surface area contributed by atoms with Gasteiger partial charge in [0.15, 0.2) is 0 Å². The lowest BCUT2D eigenvalue weighted by atomic mass is 10.1. The summed E-state index contributed by atoms with van der Waals surface area (Å²) in [5.74, 6) is 0.623. The Morgan fingerprint density at radius 1 is 1.22 bits per heavy atom. The summed E-state index contributed by atoms with van der Waals surface area (Å²) in [6.07, 6.45) is 1.47. The summed E-state index contributed by atoms with van der Waals surface area (Å²) in [7, 11) is 0. The zero-order valence-electron chi connectivity index (χ0n) is 10.1. The largest absolute Gasteiger partial charge is 0.494 e. The number of anilines is 1. The maximum Gasteiger partial charge on any atom is 0.211 e. The van der Waals surface area contributed by atoms with Crippen molar-refractivity contribution in [2.75, 3.05) is 12.3 Å². The molecule has 0 fully saturated rings. The Labute approximate surface area is 105 Å². The number of benzene rings is 1. The molecule has 0 spiro atoms. The second-order valence-corrected chi connectivity index (χ2v) is 3.76. The van der Waals surface area contributed by atoms with Gasteiger partial charge in [0.25, 0.3) is 0 Å². The van der Waals surface area contributed by atoms with Crippen molar-refractivity contribution in [1.82, 2.24) is 4.98 Å². The molecule has 0 saturated carbocycles. The average molecular weight is 242 g/mol. The summed E-state index contributed by atoms with van der Waals surface area (Å²) in [6.45, 7) is 2.52. The standard InChI is InChI=1S/C14H14N2O2/c1-2-18-12-6-3-10(4-7-12)14(17)13-8-5-11(15)9-16-13/h3-9H,2,15H2,1H3. The van der Waals surface area contributed by atoms with Crippen molar-refractivity contribution in [3.8, 4) is 5.75 Å². The first kappa shape index (κ1) is 12.1. The molecule has 0 aliphatic carbocycles. The maximum absolute atomic E-state index is 12.1. The first-order chi connectivity index (χ1) is 8.70. The van der Waals surface area contributed by atoms with Crippen LogP contribution in [-0.4, -0.2) is 17.4 Å². The number of nitrogens with two attached hydrogens (primary N) is 1. The van der Waals surface area contributed by atoms with Crippen LogP contribution in [0.2, 0.25) is 0 Å². The highest BCUT2D eigenvalue weighted by Crippen LogP contribution is 2.15. The number of ketones is 1. The number of carbonyl (C=O) groups excluding carboxylic acids is 1. The predicted molar refractivity (Wildman–Crippen MR) is 69.7 cm³/mol. The normalized spacial score (nSPS) is 10.1. The summed E-state index contributed by atoms with van der Waals surface area (Å²) in [5.41, 5.74) is 7.03. The number of nitrogen functional groups attached to an aromatic ring is 1. The van der Waals surface area contributed by atoms with E-state index >= 15 is 0 Å².